The molecule has 166 valence electrons. The van der Waals surface area contributed by atoms with E-state index in [1.807, 2.05) is 6.92 Å². The quantitative estimate of drug-likeness (QED) is 0.592. The van der Waals surface area contributed by atoms with Crippen LogP contribution in [0.25, 0.3) is 11.1 Å². The number of benzene rings is 1. The highest BCUT2D eigenvalue weighted by molar-refractivity contribution is 6.31. The third kappa shape index (κ3) is 4.69. The van der Waals surface area contributed by atoms with Crippen molar-refractivity contribution >= 4 is 23.4 Å². The Morgan fingerprint density at radius 2 is 1.81 bits per heavy atom. The number of esters is 1. The molecular weight excluding hydrogens is 435 g/mol. The second-order valence-electron chi connectivity index (χ2n) is 8.00. The lowest BCUT2D eigenvalue weighted by Gasteiger charge is -2.24. The van der Waals surface area contributed by atoms with Gasteiger partial charge in [0, 0.05) is 34.3 Å². The highest BCUT2D eigenvalue weighted by atomic mass is 35.5. The van der Waals surface area contributed by atoms with Gasteiger partial charge in [-0.15, -0.1) is 0 Å². The molecule has 0 bridgehead atoms. The maximum Gasteiger partial charge on any atom is 0.417 e. The van der Waals surface area contributed by atoms with Crippen molar-refractivity contribution in [2.24, 2.45) is 0 Å². The summed E-state index contributed by atoms with van der Waals surface area (Å²) in [5.74, 6) is -1.06. The number of hydrogen-bond donors (Lipinski definition) is 0. The van der Waals surface area contributed by atoms with Crippen LogP contribution in [0.1, 0.15) is 55.2 Å². The Balaban J connectivity index is 2.16. The van der Waals surface area contributed by atoms with E-state index in [2.05, 4.69) is 0 Å². The minimum absolute atomic E-state index is 0.00918. The molecule has 0 saturated carbocycles. The van der Waals surface area contributed by atoms with E-state index in [4.69, 9.17) is 16.3 Å². The summed E-state index contributed by atoms with van der Waals surface area (Å²) in [6, 6.07) is 3.97. The topological polar surface area (TPSA) is 65.4 Å². The first-order valence-electron chi connectivity index (χ1n) is 9.73. The smallest absolute Gasteiger partial charge is 0.417 e. The first-order valence-corrected chi connectivity index (χ1v) is 10.1. The Kier molecular flexibility index (Phi) is 6.06. The lowest BCUT2D eigenvalue weighted by atomic mass is 9.94. The number of hydrogen-bond acceptors (Lipinski definition) is 4. The molecule has 0 spiro atoms. The van der Waals surface area contributed by atoms with Crippen molar-refractivity contribution in [3.63, 3.8) is 0 Å². The molecule has 9 heteroatoms. The predicted octanol–water partition coefficient (Wildman–Crippen LogP) is 5.05. The zero-order valence-electron chi connectivity index (χ0n) is 17.2. The summed E-state index contributed by atoms with van der Waals surface area (Å²) >= 11 is 5.92. The fourth-order valence-electron chi connectivity index (χ4n) is 3.54. The normalized spacial score (nSPS) is 14.0. The second-order valence-corrected chi connectivity index (χ2v) is 8.44. The molecule has 0 atom stereocenters. The minimum Gasteiger partial charge on any atom is -0.458 e. The molecule has 0 N–H and O–H groups in total. The lowest BCUT2D eigenvalue weighted by molar-refractivity contribution is -0.157. The largest absolute Gasteiger partial charge is 0.458 e. The number of rotatable bonds is 5. The van der Waals surface area contributed by atoms with E-state index >= 15 is 0 Å². The minimum atomic E-state index is -4.71. The van der Waals surface area contributed by atoms with Gasteiger partial charge in [0.25, 0.3) is 5.56 Å². The van der Waals surface area contributed by atoms with Gasteiger partial charge in [-0.2, -0.15) is 13.2 Å². The Morgan fingerprint density at radius 1 is 1.13 bits per heavy atom. The summed E-state index contributed by atoms with van der Waals surface area (Å²) in [4.78, 5) is 37.8. The van der Waals surface area contributed by atoms with Gasteiger partial charge in [0.1, 0.15) is 12.1 Å². The van der Waals surface area contributed by atoms with E-state index in [9.17, 15) is 27.6 Å². The number of Topliss-reactive ketones (excluding diaryl/α,β-unsaturated/α-hetero) is 1. The molecule has 0 amide bonds. The van der Waals surface area contributed by atoms with Gasteiger partial charge in [0.15, 0.2) is 5.78 Å². The predicted molar refractivity (Wildman–Crippen MR) is 109 cm³/mol. The SMILES string of the molecule is CCC(C)(C)OC(=O)Cn1c2c(c(-c3cc(Cl)ccc3C(F)(F)F)cc1=O)C(=O)CC2. The van der Waals surface area contributed by atoms with Gasteiger partial charge in [-0.3, -0.25) is 14.4 Å². The van der Waals surface area contributed by atoms with Gasteiger partial charge >= 0.3 is 12.1 Å². The molecule has 31 heavy (non-hydrogen) atoms. The number of alkyl halides is 3. The first kappa shape index (κ1) is 23.1. The molecule has 0 unspecified atom stereocenters. The van der Waals surface area contributed by atoms with Crippen LogP contribution in [0, 0.1) is 0 Å². The standard InChI is InChI=1S/C22H21ClF3NO4/c1-4-21(2,3)31-19(30)11-27-16-7-8-17(28)20(16)14(10-18(27)29)13-9-12(23)5-6-15(13)22(24,25)26/h5-6,9-10H,4,7-8,11H2,1-3H3. The van der Waals surface area contributed by atoms with E-state index in [-0.39, 0.29) is 40.2 Å². The molecular formula is C22H21ClF3NO4. The summed E-state index contributed by atoms with van der Waals surface area (Å²) < 4.78 is 47.2. The van der Waals surface area contributed by atoms with Crippen molar-refractivity contribution in [2.45, 2.75) is 58.4 Å². The van der Waals surface area contributed by atoms with Gasteiger partial charge in [-0.1, -0.05) is 18.5 Å². The summed E-state index contributed by atoms with van der Waals surface area (Å²) in [7, 11) is 0. The summed E-state index contributed by atoms with van der Waals surface area (Å²) in [5, 5.41) is 0.0387. The van der Waals surface area contributed by atoms with Crippen LogP contribution in [0.4, 0.5) is 13.2 Å². The van der Waals surface area contributed by atoms with Crippen LogP contribution < -0.4 is 5.56 Å². The Morgan fingerprint density at radius 3 is 2.42 bits per heavy atom. The third-order valence-electron chi connectivity index (χ3n) is 5.39. The molecule has 1 aromatic carbocycles. The maximum atomic E-state index is 13.6. The van der Waals surface area contributed by atoms with Crippen LogP contribution in [0.3, 0.4) is 0 Å². The zero-order valence-corrected chi connectivity index (χ0v) is 18.0. The average Bonchev–Trinajstić information content (AvgIpc) is 3.04. The van der Waals surface area contributed by atoms with Crippen molar-refractivity contribution in [3.05, 3.63) is 56.5 Å². The molecule has 0 fully saturated rings. The molecule has 3 rings (SSSR count). The molecule has 5 nitrogen and oxygen atoms in total. The summed E-state index contributed by atoms with van der Waals surface area (Å²) in [5.41, 5.74) is -2.66. The number of ether oxygens (including phenoxy) is 1. The van der Waals surface area contributed by atoms with Gasteiger partial charge in [0.05, 0.1) is 5.56 Å². The average molecular weight is 456 g/mol. The number of ketones is 1. The second kappa shape index (κ2) is 8.15. The highest BCUT2D eigenvalue weighted by Gasteiger charge is 2.36. The van der Waals surface area contributed by atoms with Crippen LogP contribution in [-0.4, -0.2) is 21.9 Å². The van der Waals surface area contributed by atoms with Gasteiger partial charge in [-0.25, -0.2) is 0 Å². The van der Waals surface area contributed by atoms with Crippen molar-refractivity contribution in [1.29, 1.82) is 0 Å². The molecule has 2 aromatic rings. The fourth-order valence-corrected chi connectivity index (χ4v) is 3.71. The van der Waals surface area contributed by atoms with E-state index in [0.29, 0.717) is 6.42 Å². The van der Waals surface area contributed by atoms with Crippen LogP contribution in [-0.2, 0) is 28.7 Å². The molecule has 0 saturated heterocycles. The maximum absolute atomic E-state index is 13.6. The first-order chi connectivity index (χ1) is 14.3. The van der Waals surface area contributed by atoms with Gasteiger partial charge in [-0.05, 0) is 50.5 Å². The molecule has 1 aromatic heterocycles. The van der Waals surface area contributed by atoms with Gasteiger partial charge in [0.2, 0.25) is 0 Å². The Labute approximate surface area is 181 Å². The van der Waals surface area contributed by atoms with Crippen molar-refractivity contribution in [2.75, 3.05) is 0 Å². The van der Waals surface area contributed by atoms with E-state index in [1.54, 1.807) is 13.8 Å². The van der Waals surface area contributed by atoms with Crippen LogP contribution in [0.2, 0.25) is 5.02 Å². The lowest BCUT2D eigenvalue weighted by Crippen LogP contribution is -2.33. The van der Waals surface area contributed by atoms with Gasteiger partial charge < -0.3 is 9.30 Å². The molecule has 1 aliphatic carbocycles. The Bertz CT molecular complexity index is 1120. The van der Waals surface area contributed by atoms with Crippen LogP contribution >= 0.6 is 11.6 Å². The number of carbonyl (C=O) groups is 2. The molecule has 1 heterocycles. The van der Waals surface area contributed by atoms with Crippen molar-refractivity contribution in [3.8, 4) is 11.1 Å². The number of aromatic nitrogens is 1. The van der Waals surface area contributed by atoms with Crippen molar-refractivity contribution in [1.82, 2.24) is 4.57 Å². The number of fused-ring (bicyclic) bond motifs is 1. The number of carbonyl (C=O) groups excluding carboxylic acids is 2. The highest BCUT2D eigenvalue weighted by Crippen LogP contribution is 2.41. The molecule has 0 aliphatic heterocycles. The van der Waals surface area contributed by atoms with Crippen molar-refractivity contribution < 1.29 is 27.5 Å². The molecule has 1 aliphatic rings. The summed E-state index contributed by atoms with van der Waals surface area (Å²) in [6.45, 7) is 4.86. The number of halogens is 4. The van der Waals surface area contributed by atoms with E-state index in [0.717, 1.165) is 28.8 Å². The Hall–Kier alpha value is -2.61. The molecule has 0 radical (unpaired) electrons. The summed E-state index contributed by atoms with van der Waals surface area (Å²) in [6.07, 6.45) is -3.98. The van der Waals surface area contributed by atoms with Crippen LogP contribution in [0.15, 0.2) is 29.1 Å². The fraction of sp³-hybridized carbons (Fsp3) is 0.409. The van der Waals surface area contributed by atoms with E-state index in [1.165, 1.54) is 0 Å². The number of nitrogens with zero attached hydrogens (tertiary/aromatic N) is 1. The number of pyridine rings is 1. The van der Waals surface area contributed by atoms with E-state index < -0.39 is 41.2 Å². The van der Waals surface area contributed by atoms with Crippen LogP contribution in [0.5, 0.6) is 0 Å². The third-order valence-corrected chi connectivity index (χ3v) is 5.63. The monoisotopic (exact) mass is 455 g/mol. The zero-order chi connectivity index (χ0) is 23.1.